The largest absolute Gasteiger partial charge is 0.349 e. The van der Waals surface area contributed by atoms with Crippen LogP contribution in [0.25, 0.3) is 11.0 Å². The summed E-state index contributed by atoms with van der Waals surface area (Å²) >= 11 is 5.92. The molecule has 0 radical (unpaired) electrons. The minimum absolute atomic E-state index is 0.0878. The van der Waals surface area contributed by atoms with Gasteiger partial charge in [-0.15, -0.1) is 0 Å². The minimum Gasteiger partial charge on any atom is -0.349 e. The molecule has 28 heavy (non-hydrogen) atoms. The van der Waals surface area contributed by atoms with E-state index in [9.17, 15) is 9.59 Å². The highest BCUT2D eigenvalue weighted by atomic mass is 35.5. The molecule has 1 aromatic carbocycles. The third-order valence-electron chi connectivity index (χ3n) is 4.25. The van der Waals surface area contributed by atoms with Gasteiger partial charge in [0.25, 0.3) is 0 Å². The molecule has 2 N–H and O–H groups in total. The molecule has 0 fully saturated rings. The lowest BCUT2D eigenvalue weighted by Gasteiger charge is -2.18. The number of benzene rings is 1. The Morgan fingerprint density at radius 3 is 2.54 bits per heavy atom. The van der Waals surface area contributed by atoms with Crippen LogP contribution in [-0.4, -0.2) is 26.6 Å². The van der Waals surface area contributed by atoms with Gasteiger partial charge in [0, 0.05) is 23.4 Å². The van der Waals surface area contributed by atoms with Crippen LogP contribution in [0.15, 0.2) is 42.7 Å². The lowest BCUT2D eigenvalue weighted by molar-refractivity contribution is -0.120. The maximum atomic E-state index is 12.6. The second-order valence-corrected chi connectivity index (χ2v) is 7.31. The monoisotopic (exact) mass is 399 g/mol. The van der Waals surface area contributed by atoms with Gasteiger partial charge in [-0.2, -0.15) is 5.10 Å². The number of carbonyl (C=O) groups excluding carboxylic acids is 2. The summed E-state index contributed by atoms with van der Waals surface area (Å²) in [6.45, 7) is 5.48. The quantitative estimate of drug-likeness (QED) is 0.658. The van der Waals surface area contributed by atoms with E-state index in [1.165, 1.54) is 6.92 Å². The second kappa shape index (κ2) is 8.39. The number of fused-ring (bicyclic) bond motifs is 1. The van der Waals surface area contributed by atoms with Gasteiger partial charge in [-0.05, 0) is 37.6 Å². The third-order valence-corrected chi connectivity index (χ3v) is 4.50. The summed E-state index contributed by atoms with van der Waals surface area (Å²) in [7, 11) is 0. The molecular formula is C20H22ClN5O2. The molecule has 0 aliphatic rings. The van der Waals surface area contributed by atoms with Gasteiger partial charge in [0.2, 0.25) is 11.8 Å². The molecule has 0 aliphatic carbocycles. The lowest BCUT2D eigenvalue weighted by Crippen LogP contribution is -2.29. The Hall–Kier alpha value is -2.93. The Kier molecular flexibility index (Phi) is 5.94. The number of nitrogens with one attached hydrogen (secondary N) is 2. The molecule has 0 unspecified atom stereocenters. The molecule has 3 aromatic rings. The normalized spacial score (nSPS) is 12.2. The number of hydrogen-bond donors (Lipinski definition) is 2. The minimum atomic E-state index is -0.449. The second-order valence-electron chi connectivity index (χ2n) is 6.88. The Morgan fingerprint density at radius 2 is 1.89 bits per heavy atom. The molecule has 0 saturated carbocycles. The molecule has 8 heteroatoms. The molecule has 2 aromatic heterocycles. The number of rotatable bonds is 6. The highest BCUT2D eigenvalue weighted by Crippen LogP contribution is 2.22. The van der Waals surface area contributed by atoms with Gasteiger partial charge in [-0.1, -0.05) is 23.7 Å². The van der Waals surface area contributed by atoms with Gasteiger partial charge in [-0.25, -0.2) is 9.67 Å². The van der Waals surface area contributed by atoms with Crippen LogP contribution in [0.1, 0.15) is 44.8 Å². The first kappa shape index (κ1) is 19.8. The molecule has 2 amide bonds. The number of pyridine rings is 1. The average molecular weight is 400 g/mol. The summed E-state index contributed by atoms with van der Waals surface area (Å²) in [4.78, 5) is 28.5. The molecule has 3 rings (SSSR count). The van der Waals surface area contributed by atoms with Gasteiger partial charge >= 0.3 is 0 Å². The maximum absolute atomic E-state index is 12.6. The molecule has 0 spiro atoms. The predicted molar refractivity (Wildman–Crippen MR) is 109 cm³/mol. The van der Waals surface area contributed by atoms with Crippen LogP contribution >= 0.6 is 11.6 Å². The van der Waals surface area contributed by atoms with Crippen molar-refractivity contribution in [1.29, 1.82) is 0 Å². The first-order valence-electron chi connectivity index (χ1n) is 8.99. The summed E-state index contributed by atoms with van der Waals surface area (Å²) in [5, 5.41) is 11.4. The number of halogens is 1. The summed E-state index contributed by atoms with van der Waals surface area (Å²) in [5.41, 5.74) is 2.16. The van der Waals surface area contributed by atoms with E-state index < -0.39 is 6.04 Å². The Balaban J connectivity index is 1.74. The van der Waals surface area contributed by atoms with E-state index >= 15 is 0 Å². The fourth-order valence-electron chi connectivity index (χ4n) is 2.98. The number of amides is 2. The third kappa shape index (κ3) is 4.67. The molecule has 146 valence electrons. The zero-order chi connectivity index (χ0) is 20.3. The van der Waals surface area contributed by atoms with Crippen molar-refractivity contribution in [2.75, 3.05) is 5.32 Å². The Bertz CT molecular complexity index is 998. The van der Waals surface area contributed by atoms with E-state index in [4.69, 9.17) is 11.6 Å². The first-order chi connectivity index (χ1) is 13.3. The van der Waals surface area contributed by atoms with E-state index in [0.717, 1.165) is 16.6 Å². The van der Waals surface area contributed by atoms with Crippen molar-refractivity contribution in [3.05, 3.63) is 53.3 Å². The van der Waals surface area contributed by atoms with Crippen LogP contribution < -0.4 is 10.6 Å². The van der Waals surface area contributed by atoms with Crippen LogP contribution in [0.5, 0.6) is 0 Å². The summed E-state index contributed by atoms with van der Waals surface area (Å²) in [5.74, 6) is -0.442. The van der Waals surface area contributed by atoms with Crippen molar-refractivity contribution in [1.82, 2.24) is 20.1 Å². The van der Waals surface area contributed by atoms with Crippen molar-refractivity contribution in [3.63, 3.8) is 0 Å². The number of nitrogens with zero attached hydrogens (tertiary/aromatic N) is 3. The van der Waals surface area contributed by atoms with Crippen molar-refractivity contribution in [2.24, 2.45) is 0 Å². The van der Waals surface area contributed by atoms with Crippen molar-refractivity contribution < 1.29 is 9.59 Å². The standard InChI is InChI=1S/C20H22ClN5O2/c1-12(2)26-20-15(10-23-26)8-17(11-22-20)25-19(28)9-18(24-13(3)27)14-4-6-16(21)7-5-14/h4-8,10-12,18H,9H2,1-3H3,(H,24,27)(H,25,28)/t18-/m1/s1. The molecule has 0 saturated heterocycles. The summed E-state index contributed by atoms with van der Waals surface area (Å²) < 4.78 is 1.83. The predicted octanol–water partition coefficient (Wildman–Crippen LogP) is 3.87. The number of aromatic nitrogens is 3. The number of anilines is 1. The molecule has 1 atom stereocenters. The topological polar surface area (TPSA) is 88.9 Å². The number of hydrogen-bond acceptors (Lipinski definition) is 4. The zero-order valence-corrected chi connectivity index (χ0v) is 16.7. The molecule has 0 aliphatic heterocycles. The first-order valence-corrected chi connectivity index (χ1v) is 9.37. The number of carbonyl (C=O) groups is 2. The molecule has 7 nitrogen and oxygen atoms in total. The highest BCUT2D eigenvalue weighted by molar-refractivity contribution is 6.30. The summed E-state index contributed by atoms with van der Waals surface area (Å²) in [6, 6.07) is 8.64. The fourth-order valence-corrected chi connectivity index (χ4v) is 3.10. The maximum Gasteiger partial charge on any atom is 0.226 e. The van der Waals surface area contributed by atoms with Gasteiger partial charge in [-0.3, -0.25) is 9.59 Å². The molecule has 2 heterocycles. The average Bonchev–Trinajstić information content (AvgIpc) is 3.05. The van der Waals surface area contributed by atoms with E-state index in [2.05, 4.69) is 20.7 Å². The van der Waals surface area contributed by atoms with Crippen LogP contribution in [0.3, 0.4) is 0 Å². The molecule has 0 bridgehead atoms. The van der Waals surface area contributed by atoms with Gasteiger partial charge < -0.3 is 10.6 Å². The molecular weight excluding hydrogens is 378 g/mol. The Labute approximate surface area is 168 Å². The van der Waals surface area contributed by atoms with Gasteiger partial charge in [0.1, 0.15) is 0 Å². The smallest absolute Gasteiger partial charge is 0.226 e. The zero-order valence-electron chi connectivity index (χ0n) is 15.9. The van der Waals surface area contributed by atoms with E-state index in [1.54, 1.807) is 36.7 Å². The van der Waals surface area contributed by atoms with Crippen LogP contribution in [0, 0.1) is 0 Å². The lowest BCUT2D eigenvalue weighted by atomic mass is 10.0. The van der Waals surface area contributed by atoms with Crippen molar-refractivity contribution in [2.45, 2.75) is 39.3 Å². The van der Waals surface area contributed by atoms with E-state index in [-0.39, 0.29) is 24.3 Å². The van der Waals surface area contributed by atoms with Crippen LogP contribution in [0.4, 0.5) is 5.69 Å². The van der Waals surface area contributed by atoms with E-state index in [0.29, 0.717) is 10.7 Å². The Morgan fingerprint density at radius 1 is 1.18 bits per heavy atom. The fraction of sp³-hybridized carbons (Fsp3) is 0.300. The van der Waals surface area contributed by atoms with Gasteiger partial charge in [0.05, 0.1) is 30.5 Å². The van der Waals surface area contributed by atoms with Crippen LogP contribution in [0.2, 0.25) is 5.02 Å². The van der Waals surface area contributed by atoms with Crippen molar-refractivity contribution >= 4 is 40.1 Å². The van der Waals surface area contributed by atoms with Crippen LogP contribution in [-0.2, 0) is 9.59 Å². The highest BCUT2D eigenvalue weighted by Gasteiger charge is 2.18. The van der Waals surface area contributed by atoms with Crippen molar-refractivity contribution in [3.8, 4) is 0 Å². The van der Waals surface area contributed by atoms with Gasteiger partial charge in [0.15, 0.2) is 5.65 Å². The summed E-state index contributed by atoms with van der Waals surface area (Å²) in [6.07, 6.45) is 3.42. The SMILES string of the molecule is CC(=O)N[C@H](CC(=O)Nc1cnc2c(cnn2C(C)C)c1)c1ccc(Cl)cc1. The van der Waals surface area contributed by atoms with E-state index in [1.807, 2.05) is 24.6 Å².